The van der Waals surface area contributed by atoms with Gasteiger partial charge in [0.05, 0.1) is 10.6 Å². The lowest BCUT2D eigenvalue weighted by atomic mass is 9.96. The van der Waals surface area contributed by atoms with Crippen molar-refractivity contribution in [1.82, 2.24) is 24.9 Å². The predicted octanol–water partition coefficient (Wildman–Crippen LogP) is 3.64. The fraction of sp³-hybridized carbons (Fsp3) is 0.111. The summed E-state index contributed by atoms with van der Waals surface area (Å²) in [5.41, 5.74) is 10.6. The quantitative estimate of drug-likeness (QED) is 0.499. The second-order valence-corrected chi connectivity index (χ2v) is 6.38. The van der Waals surface area contributed by atoms with Crippen LogP contribution in [0.4, 0.5) is 5.95 Å². The molecule has 0 aliphatic carbocycles. The van der Waals surface area contributed by atoms with Crippen LogP contribution in [0, 0.1) is 13.8 Å². The Morgan fingerprint density at radius 1 is 1.08 bits per heavy atom. The third-order valence-corrected chi connectivity index (χ3v) is 4.71. The average molecular weight is 367 g/mol. The number of hydrogen-bond acceptors (Lipinski definition) is 6. The van der Waals surface area contributed by atoms with E-state index in [1.54, 1.807) is 24.7 Å². The van der Waals surface area contributed by atoms with Crippen LogP contribution in [0.3, 0.4) is 0 Å². The standard InChI is InChI=1S/C18H15ClN6O/c1-8-3-4-12(26)9(2)13(8)11-7-21-17-15(14(11)19)24-16(25-17)10-5-22-18(20)23-6-10/h3-7,26H,1-2H3,(H2,20,22,23)(H,21,24,25). The first-order valence-electron chi connectivity index (χ1n) is 7.87. The van der Waals surface area contributed by atoms with Crippen molar-refractivity contribution in [3.05, 3.63) is 46.9 Å². The van der Waals surface area contributed by atoms with Gasteiger partial charge >= 0.3 is 0 Å². The number of nitrogens with one attached hydrogen (secondary N) is 1. The van der Waals surface area contributed by atoms with Crippen molar-refractivity contribution in [2.45, 2.75) is 13.8 Å². The van der Waals surface area contributed by atoms with E-state index in [2.05, 4.69) is 24.9 Å². The number of fused-ring (bicyclic) bond motifs is 1. The normalized spacial score (nSPS) is 11.2. The zero-order valence-electron chi connectivity index (χ0n) is 14.1. The molecular formula is C18H15ClN6O. The highest BCUT2D eigenvalue weighted by Gasteiger charge is 2.18. The van der Waals surface area contributed by atoms with Crippen molar-refractivity contribution in [3.63, 3.8) is 0 Å². The SMILES string of the molecule is Cc1ccc(O)c(C)c1-c1cnc2nc(-c3cnc(N)nc3)[nH]c2c1Cl. The van der Waals surface area contributed by atoms with Crippen LogP contribution < -0.4 is 5.73 Å². The summed E-state index contributed by atoms with van der Waals surface area (Å²) in [6.07, 6.45) is 4.83. The summed E-state index contributed by atoms with van der Waals surface area (Å²) in [7, 11) is 0. The summed E-state index contributed by atoms with van der Waals surface area (Å²) in [5.74, 6) is 0.958. The number of pyridine rings is 1. The number of anilines is 1. The summed E-state index contributed by atoms with van der Waals surface area (Å²) >= 11 is 6.65. The monoisotopic (exact) mass is 366 g/mol. The van der Waals surface area contributed by atoms with E-state index in [0.29, 0.717) is 27.6 Å². The number of nitrogens with two attached hydrogens (primary N) is 1. The van der Waals surface area contributed by atoms with Gasteiger partial charge in [0.2, 0.25) is 5.95 Å². The molecule has 3 heterocycles. The van der Waals surface area contributed by atoms with Crippen molar-refractivity contribution in [2.75, 3.05) is 5.73 Å². The Kier molecular flexibility index (Phi) is 3.73. The van der Waals surface area contributed by atoms with E-state index in [4.69, 9.17) is 17.3 Å². The number of nitrogens with zero attached hydrogens (tertiary/aromatic N) is 4. The molecule has 3 aromatic heterocycles. The number of hydrogen-bond donors (Lipinski definition) is 3. The van der Waals surface area contributed by atoms with Gasteiger partial charge < -0.3 is 15.8 Å². The predicted molar refractivity (Wildman–Crippen MR) is 101 cm³/mol. The smallest absolute Gasteiger partial charge is 0.219 e. The van der Waals surface area contributed by atoms with Crippen molar-refractivity contribution >= 4 is 28.7 Å². The van der Waals surface area contributed by atoms with E-state index < -0.39 is 0 Å². The molecule has 0 amide bonds. The number of aromatic nitrogens is 5. The van der Waals surface area contributed by atoms with Gasteiger partial charge in [-0.05, 0) is 36.6 Å². The molecule has 7 nitrogen and oxygen atoms in total. The minimum absolute atomic E-state index is 0.193. The van der Waals surface area contributed by atoms with Crippen LogP contribution in [0.5, 0.6) is 5.75 Å². The zero-order valence-corrected chi connectivity index (χ0v) is 14.8. The summed E-state index contributed by atoms with van der Waals surface area (Å²) in [6.45, 7) is 3.81. The van der Waals surface area contributed by atoms with Crippen molar-refractivity contribution in [2.24, 2.45) is 0 Å². The first-order valence-corrected chi connectivity index (χ1v) is 8.25. The van der Waals surface area contributed by atoms with E-state index >= 15 is 0 Å². The molecule has 0 saturated carbocycles. The lowest BCUT2D eigenvalue weighted by Crippen LogP contribution is -1.94. The van der Waals surface area contributed by atoms with Crippen molar-refractivity contribution in [3.8, 4) is 28.3 Å². The molecule has 4 N–H and O–H groups in total. The molecule has 0 bridgehead atoms. The molecule has 0 aliphatic rings. The molecule has 0 saturated heterocycles. The topological polar surface area (TPSA) is 114 Å². The van der Waals surface area contributed by atoms with E-state index in [0.717, 1.165) is 22.3 Å². The van der Waals surface area contributed by atoms with Gasteiger partial charge in [-0.25, -0.2) is 19.9 Å². The van der Waals surface area contributed by atoms with Crippen LogP contribution >= 0.6 is 11.6 Å². The number of rotatable bonds is 2. The molecule has 4 aromatic rings. The summed E-state index contributed by atoms with van der Waals surface area (Å²) < 4.78 is 0. The van der Waals surface area contributed by atoms with Crippen LogP contribution in [-0.2, 0) is 0 Å². The van der Waals surface area contributed by atoms with Gasteiger partial charge in [0.15, 0.2) is 5.65 Å². The number of H-pyrrole nitrogens is 1. The van der Waals surface area contributed by atoms with Gasteiger partial charge in [-0.3, -0.25) is 0 Å². The molecule has 0 unspecified atom stereocenters. The van der Waals surface area contributed by atoms with E-state index in [1.807, 2.05) is 19.9 Å². The number of aryl methyl sites for hydroxylation is 1. The van der Waals surface area contributed by atoms with Crippen LogP contribution in [0.1, 0.15) is 11.1 Å². The highest BCUT2D eigenvalue weighted by molar-refractivity contribution is 6.37. The minimum Gasteiger partial charge on any atom is -0.508 e. The zero-order chi connectivity index (χ0) is 18.4. The molecule has 8 heteroatoms. The Bertz CT molecular complexity index is 1140. The van der Waals surface area contributed by atoms with Gasteiger partial charge in [0.25, 0.3) is 0 Å². The lowest BCUT2D eigenvalue weighted by molar-refractivity contribution is 0.471. The van der Waals surface area contributed by atoms with Crippen LogP contribution in [0.2, 0.25) is 5.02 Å². The molecule has 0 radical (unpaired) electrons. The number of imidazole rings is 1. The van der Waals surface area contributed by atoms with E-state index in [9.17, 15) is 5.11 Å². The van der Waals surface area contributed by atoms with Crippen molar-refractivity contribution in [1.29, 1.82) is 0 Å². The summed E-state index contributed by atoms with van der Waals surface area (Å²) in [4.78, 5) is 20.0. The maximum absolute atomic E-state index is 10.1. The number of halogens is 1. The number of benzene rings is 1. The number of phenols is 1. The number of aromatic amines is 1. The Hall–Kier alpha value is -3.19. The number of phenolic OH excluding ortho intramolecular Hbond substituents is 1. The Morgan fingerprint density at radius 2 is 1.81 bits per heavy atom. The number of aromatic hydroxyl groups is 1. The molecular weight excluding hydrogens is 352 g/mol. The molecule has 0 aliphatic heterocycles. The third-order valence-electron chi connectivity index (χ3n) is 4.32. The fourth-order valence-corrected chi connectivity index (χ4v) is 3.22. The van der Waals surface area contributed by atoms with Gasteiger partial charge in [0, 0.05) is 24.2 Å². The summed E-state index contributed by atoms with van der Waals surface area (Å²) in [5, 5.41) is 10.5. The summed E-state index contributed by atoms with van der Waals surface area (Å²) in [6, 6.07) is 3.52. The van der Waals surface area contributed by atoms with Gasteiger partial charge in [-0.15, -0.1) is 0 Å². The number of nitrogen functional groups attached to an aromatic ring is 1. The lowest BCUT2D eigenvalue weighted by Gasteiger charge is -2.12. The highest BCUT2D eigenvalue weighted by Crippen LogP contribution is 2.38. The molecule has 1 aromatic carbocycles. The van der Waals surface area contributed by atoms with Crippen LogP contribution in [0.15, 0.2) is 30.7 Å². The molecule has 0 spiro atoms. The fourth-order valence-electron chi connectivity index (χ4n) is 2.95. The highest BCUT2D eigenvalue weighted by atomic mass is 35.5. The minimum atomic E-state index is 0.193. The molecule has 130 valence electrons. The van der Waals surface area contributed by atoms with Gasteiger partial charge in [-0.1, -0.05) is 17.7 Å². The Labute approximate surface area is 153 Å². The Morgan fingerprint density at radius 3 is 2.54 bits per heavy atom. The first-order chi connectivity index (χ1) is 12.5. The van der Waals surface area contributed by atoms with Crippen LogP contribution in [0.25, 0.3) is 33.7 Å². The van der Waals surface area contributed by atoms with Gasteiger partial charge in [0.1, 0.15) is 17.1 Å². The van der Waals surface area contributed by atoms with E-state index in [-0.39, 0.29) is 11.7 Å². The molecule has 26 heavy (non-hydrogen) atoms. The molecule has 0 fully saturated rings. The maximum atomic E-state index is 10.1. The second-order valence-electron chi connectivity index (χ2n) is 6.00. The molecule has 4 rings (SSSR count). The van der Waals surface area contributed by atoms with Crippen molar-refractivity contribution < 1.29 is 5.11 Å². The van der Waals surface area contributed by atoms with Gasteiger partial charge in [-0.2, -0.15) is 0 Å². The second kappa shape index (κ2) is 5.96. The molecule has 0 atom stereocenters. The van der Waals surface area contributed by atoms with E-state index in [1.165, 1.54) is 0 Å². The van der Waals surface area contributed by atoms with Crippen LogP contribution in [-0.4, -0.2) is 30.0 Å². The third kappa shape index (κ3) is 2.53. The Balaban J connectivity index is 1.91. The maximum Gasteiger partial charge on any atom is 0.219 e. The largest absolute Gasteiger partial charge is 0.508 e. The first kappa shape index (κ1) is 16.3. The average Bonchev–Trinajstić information content (AvgIpc) is 3.06.